The minimum atomic E-state index is -0.999. The summed E-state index contributed by atoms with van der Waals surface area (Å²) >= 11 is 1.34. The van der Waals surface area contributed by atoms with Crippen molar-refractivity contribution in [2.24, 2.45) is 34.8 Å². The van der Waals surface area contributed by atoms with E-state index in [0.29, 0.717) is 29.7 Å². The normalized spacial score (nSPS) is 23.7. The quantitative estimate of drug-likeness (QED) is 0.318. The Kier molecular flexibility index (Phi) is 8.97. The zero-order valence-electron chi connectivity index (χ0n) is 25.1. The number of amides is 3. The van der Waals surface area contributed by atoms with Crippen LogP contribution in [0.4, 0.5) is 5.13 Å². The fourth-order valence-electron chi connectivity index (χ4n) is 6.10. The molecular formula is C30H45N5O5S. The number of nitrogens with two attached hydrogens (primary N) is 1. The predicted molar refractivity (Wildman–Crippen MR) is 157 cm³/mol. The van der Waals surface area contributed by atoms with E-state index in [1.807, 2.05) is 46.9 Å². The molecule has 2 heterocycles. The molecular weight excluding hydrogens is 542 g/mol. The van der Waals surface area contributed by atoms with Gasteiger partial charge in [-0.25, -0.2) is 4.98 Å². The van der Waals surface area contributed by atoms with E-state index >= 15 is 0 Å². The van der Waals surface area contributed by atoms with Crippen LogP contribution in [-0.4, -0.2) is 63.3 Å². The van der Waals surface area contributed by atoms with Gasteiger partial charge in [0.1, 0.15) is 6.04 Å². The number of likely N-dealkylation sites (tertiary alicyclic amines) is 1. The van der Waals surface area contributed by atoms with Crippen LogP contribution in [0.5, 0.6) is 0 Å². The Balaban J connectivity index is 1.46. The lowest BCUT2D eigenvalue weighted by Gasteiger charge is -2.37. The van der Waals surface area contributed by atoms with Gasteiger partial charge in [0.2, 0.25) is 17.6 Å². The number of rotatable bonds is 12. The molecule has 226 valence electrons. The van der Waals surface area contributed by atoms with Crippen LogP contribution in [0.3, 0.4) is 0 Å². The number of primary amides is 1. The Labute approximate surface area is 246 Å². The van der Waals surface area contributed by atoms with E-state index in [9.17, 15) is 24.0 Å². The molecule has 4 rings (SSSR count). The zero-order chi connectivity index (χ0) is 30.3. The summed E-state index contributed by atoms with van der Waals surface area (Å²) in [6, 6.07) is -1.26. The zero-order valence-corrected chi connectivity index (χ0v) is 25.9. The van der Waals surface area contributed by atoms with Gasteiger partial charge in [-0.3, -0.25) is 24.0 Å². The second kappa shape index (κ2) is 11.8. The molecule has 5 atom stereocenters. The first kappa shape index (κ1) is 31.1. The summed E-state index contributed by atoms with van der Waals surface area (Å²) in [6.45, 7) is 12.1. The van der Waals surface area contributed by atoms with Crippen molar-refractivity contribution in [2.45, 2.75) is 104 Å². The van der Waals surface area contributed by atoms with Crippen molar-refractivity contribution >= 4 is 45.8 Å². The fraction of sp³-hybridized carbons (Fsp3) is 0.733. The first-order valence-electron chi connectivity index (χ1n) is 14.7. The van der Waals surface area contributed by atoms with E-state index in [2.05, 4.69) is 15.6 Å². The number of nitrogens with zero attached hydrogens (tertiary/aromatic N) is 2. The van der Waals surface area contributed by atoms with Gasteiger partial charge in [0.05, 0.1) is 18.2 Å². The highest BCUT2D eigenvalue weighted by atomic mass is 32.1. The lowest BCUT2D eigenvalue weighted by molar-refractivity contribution is -0.143. The minimum absolute atomic E-state index is 0.0595. The molecule has 0 aromatic carbocycles. The summed E-state index contributed by atoms with van der Waals surface area (Å²) in [5, 5.41) is 8.58. The molecule has 2 aliphatic carbocycles. The van der Waals surface area contributed by atoms with E-state index in [1.54, 1.807) is 4.90 Å². The monoisotopic (exact) mass is 587 g/mol. The lowest BCUT2D eigenvalue weighted by Crippen LogP contribution is -2.54. The number of ketones is 2. The van der Waals surface area contributed by atoms with Gasteiger partial charge in [-0.15, -0.1) is 11.3 Å². The highest BCUT2D eigenvalue weighted by Gasteiger charge is 2.58. The summed E-state index contributed by atoms with van der Waals surface area (Å²) in [7, 11) is 0. The van der Waals surface area contributed by atoms with Crippen molar-refractivity contribution < 1.29 is 24.0 Å². The molecule has 1 aromatic heterocycles. The molecule has 1 aromatic rings. The second-order valence-corrected chi connectivity index (χ2v) is 15.1. The average molecular weight is 588 g/mol. The van der Waals surface area contributed by atoms with Gasteiger partial charge < -0.3 is 21.3 Å². The van der Waals surface area contributed by atoms with Crippen LogP contribution in [-0.2, 0) is 30.4 Å². The Morgan fingerprint density at radius 2 is 1.80 bits per heavy atom. The molecule has 0 radical (unpaired) electrons. The summed E-state index contributed by atoms with van der Waals surface area (Å²) in [5.74, 6) is -2.16. The van der Waals surface area contributed by atoms with Gasteiger partial charge in [0, 0.05) is 29.8 Å². The lowest BCUT2D eigenvalue weighted by atomic mass is 9.76. The van der Waals surface area contributed by atoms with E-state index < -0.39 is 35.1 Å². The minimum Gasteiger partial charge on any atom is -0.363 e. The Bertz CT molecular complexity index is 1190. The van der Waals surface area contributed by atoms with Gasteiger partial charge in [-0.2, -0.15) is 0 Å². The van der Waals surface area contributed by atoms with Crippen LogP contribution in [0.25, 0.3) is 0 Å². The fourth-order valence-corrected chi connectivity index (χ4v) is 6.84. The number of fused-ring (bicyclic) bond motifs is 1. The van der Waals surface area contributed by atoms with Crippen LogP contribution in [0.15, 0.2) is 5.38 Å². The van der Waals surface area contributed by atoms with Crippen LogP contribution in [0, 0.1) is 29.1 Å². The number of piperidine rings is 1. The molecule has 1 aliphatic heterocycles. The Morgan fingerprint density at radius 1 is 1.12 bits per heavy atom. The molecule has 2 unspecified atom stereocenters. The molecule has 2 saturated carbocycles. The van der Waals surface area contributed by atoms with E-state index in [0.717, 1.165) is 25.7 Å². The summed E-state index contributed by atoms with van der Waals surface area (Å²) in [4.78, 5) is 70.7. The van der Waals surface area contributed by atoms with Gasteiger partial charge in [0.25, 0.3) is 5.91 Å². The molecule has 1 saturated heterocycles. The highest BCUT2D eigenvalue weighted by molar-refractivity contribution is 7.13. The summed E-state index contributed by atoms with van der Waals surface area (Å²) in [6.07, 6.45) is 4.54. The highest BCUT2D eigenvalue weighted by Crippen LogP contribution is 2.51. The number of hydrogen-bond donors (Lipinski definition) is 3. The Hall–Kier alpha value is -2.82. The third-order valence-corrected chi connectivity index (χ3v) is 9.28. The average Bonchev–Trinajstić information content (AvgIpc) is 3.25. The number of hydrogen-bond acceptors (Lipinski definition) is 8. The molecule has 0 bridgehead atoms. The number of carbonyl (C=O) groups excluding carboxylic acids is 5. The molecule has 0 spiro atoms. The first-order chi connectivity index (χ1) is 19.0. The predicted octanol–water partition coefficient (Wildman–Crippen LogP) is 3.09. The molecule has 4 N–H and O–H groups in total. The van der Waals surface area contributed by atoms with Crippen molar-refractivity contribution in [2.75, 3.05) is 11.9 Å². The topological polar surface area (TPSA) is 152 Å². The maximum atomic E-state index is 14.1. The number of anilines is 1. The maximum Gasteiger partial charge on any atom is 0.285 e. The number of aromatic nitrogens is 1. The molecule has 3 amide bonds. The van der Waals surface area contributed by atoms with Gasteiger partial charge in [0.15, 0.2) is 10.9 Å². The van der Waals surface area contributed by atoms with Gasteiger partial charge in [-0.1, -0.05) is 40.0 Å². The first-order valence-corrected chi connectivity index (χ1v) is 15.6. The van der Waals surface area contributed by atoms with Gasteiger partial charge >= 0.3 is 0 Å². The van der Waals surface area contributed by atoms with Crippen molar-refractivity contribution in [1.29, 1.82) is 0 Å². The van der Waals surface area contributed by atoms with Crippen molar-refractivity contribution in [3.63, 3.8) is 0 Å². The number of nitrogens with one attached hydrogen (secondary N) is 2. The molecule has 11 heteroatoms. The molecule has 3 aliphatic rings. The van der Waals surface area contributed by atoms with Crippen LogP contribution in [0.1, 0.15) is 85.8 Å². The standard InChI is InChI=1S/C30H45N5O5S/c1-29(2,3)25(33-28-32-19(15-41-28)13-22(37)34-30(4,5)6)27(40)35-14-18-11-20(18)23(35)21(36)12-17(24(38)26(31)39)10-16-8-7-9-16/h15-18,20,23,25H,7-14H2,1-6H3,(H2,31,39)(H,32,33)(H,34,37)/t17?,18-,20?,23-,25+/m0/s1. The van der Waals surface area contributed by atoms with E-state index in [4.69, 9.17) is 5.73 Å². The van der Waals surface area contributed by atoms with Crippen molar-refractivity contribution in [3.05, 3.63) is 11.1 Å². The third kappa shape index (κ3) is 7.72. The van der Waals surface area contributed by atoms with Crippen molar-refractivity contribution in [1.82, 2.24) is 15.2 Å². The number of thiazole rings is 1. The third-order valence-electron chi connectivity index (χ3n) is 8.46. The SMILES string of the molecule is CC(C)(C)NC(=O)Cc1csc(N[C@H](C(=O)N2C[C@@H]3CC3[C@H]2C(=O)CC(CC2CCC2)C(=O)C(N)=O)C(C)(C)C)n1. The van der Waals surface area contributed by atoms with Crippen LogP contribution >= 0.6 is 11.3 Å². The largest absolute Gasteiger partial charge is 0.363 e. The van der Waals surface area contributed by atoms with Crippen LogP contribution < -0.4 is 16.4 Å². The van der Waals surface area contributed by atoms with E-state index in [1.165, 1.54) is 11.3 Å². The summed E-state index contributed by atoms with van der Waals surface area (Å²) < 4.78 is 0. The van der Waals surface area contributed by atoms with Gasteiger partial charge in [-0.05, 0) is 56.8 Å². The molecule has 41 heavy (non-hydrogen) atoms. The molecule has 3 fully saturated rings. The second-order valence-electron chi connectivity index (χ2n) is 14.3. The van der Waals surface area contributed by atoms with Crippen LogP contribution in [0.2, 0.25) is 0 Å². The maximum absolute atomic E-state index is 14.1. The smallest absolute Gasteiger partial charge is 0.285 e. The number of Topliss-reactive ketones (excluding diaryl/α,β-unsaturated/α-hetero) is 2. The van der Waals surface area contributed by atoms with E-state index in [-0.39, 0.29) is 47.8 Å². The Morgan fingerprint density at radius 3 is 2.37 bits per heavy atom. The van der Waals surface area contributed by atoms with Crippen molar-refractivity contribution in [3.8, 4) is 0 Å². The summed E-state index contributed by atoms with van der Waals surface area (Å²) in [5.41, 5.74) is 5.11. The molecule has 10 nitrogen and oxygen atoms in total. The number of carbonyl (C=O) groups is 5.